The molecule has 2 heteroatoms. The summed E-state index contributed by atoms with van der Waals surface area (Å²) in [4.78, 5) is 2.60. The lowest BCUT2D eigenvalue weighted by molar-refractivity contribution is 0.0221. The van der Waals surface area contributed by atoms with Crippen LogP contribution in [0, 0.1) is 5.41 Å². The van der Waals surface area contributed by atoms with Crippen LogP contribution in [0.2, 0.25) is 0 Å². The van der Waals surface area contributed by atoms with Crippen LogP contribution in [0.5, 0.6) is 0 Å². The summed E-state index contributed by atoms with van der Waals surface area (Å²) in [6.07, 6.45) is 1.47. The van der Waals surface area contributed by atoms with E-state index in [1.54, 1.807) is 0 Å². The number of nitrogens with zero attached hydrogens (tertiary/aromatic N) is 1. The van der Waals surface area contributed by atoms with Gasteiger partial charge in [-0.15, -0.1) is 0 Å². The molecule has 0 aromatic heterocycles. The predicted octanol–water partition coefficient (Wildman–Crippen LogP) is 0.0524. The first kappa shape index (κ1) is 5.56. The maximum atomic E-state index is 3.57. The molecule has 1 saturated carbocycles. The standard InChI is InChI=1S/C8H14N2/c1-2-10-5-8-3-6(8)9-4-7(8)10/h6-7,9H,2-5H2,1H3. The van der Waals surface area contributed by atoms with E-state index < -0.39 is 0 Å². The van der Waals surface area contributed by atoms with E-state index in [9.17, 15) is 0 Å². The van der Waals surface area contributed by atoms with Crippen LogP contribution in [-0.2, 0) is 0 Å². The number of likely N-dealkylation sites (tertiary alicyclic amines) is 1. The minimum atomic E-state index is 0.788. The lowest BCUT2D eigenvalue weighted by Crippen LogP contribution is -2.58. The Bertz CT molecular complexity index is 178. The van der Waals surface area contributed by atoms with Crippen LogP contribution in [-0.4, -0.2) is 36.6 Å². The summed E-state index contributed by atoms with van der Waals surface area (Å²) in [5.41, 5.74) is 0.788. The van der Waals surface area contributed by atoms with E-state index in [2.05, 4.69) is 17.1 Å². The fourth-order valence-electron chi connectivity index (χ4n) is 2.90. The number of rotatable bonds is 1. The quantitative estimate of drug-likeness (QED) is 0.551. The van der Waals surface area contributed by atoms with Crippen molar-refractivity contribution in [2.75, 3.05) is 19.6 Å². The molecule has 0 radical (unpaired) electrons. The summed E-state index contributed by atoms with van der Waals surface area (Å²) in [6, 6.07) is 1.84. The molecule has 1 spiro atoms. The highest BCUT2D eigenvalue weighted by atomic mass is 15.3. The number of hydrogen-bond acceptors (Lipinski definition) is 2. The Hall–Kier alpha value is -0.0800. The molecule has 2 nitrogen and oxygen atoms in total. The molecule has 0 aromatic carbocycles. The van der Waals surface area contributed by atoms with Gasteiger partial charge in [0, 0.05) is 30.6 Å². The molecule has 3 aliphatic rings. The zero-order valence-corrected chi connectivity index (χ0v) is 6.43. The second kappa shape index (κ2) is 1.41. The van der Waals surface area contributed by atoms with Crippen LogP contribution in [0.25, 0.3) is 0 Å². The van der Waals surface area contributed by atoms with E-state index in [-0.39, 0.29) is 0 Å². The van der Waals surface area contributed by atoms with Crippen molar-refractivity contribution in [3.63, 3.8) is 0 Å². The maximum absolute atomic E-state index is 3.57. The number of likely N-dealkylation sites (N-methyl/N-ethyl adjacent to an activating group) is 1. The highest BCUT2D eigenvalue weighted by molar-refractivity contribution is 5.26. The Balaban J connectivity index is 1.82. The summed E-state index contributed by atoms with van der Waals surface area (Å²) < 4.78 is 0. The zero-order valence-electron chi connectivity index (χ0n) is 6.43. The van der Waals surface area contributed by atoms with Crippen LogP contribution in [0.1, 0.15) is 13.3 Å². The van der Waals surface area contributed by atoms with Crippen molar-refractivity contribution < 1.29 is 0 Å². The molecule has 0 bridgehead atoms. The lowest BCUT2D eigenvalue weighted by Gasteiger charge is -2.46. The van der Waals surface area contributed by atoms with Crippen molar-refractivity contribution in [1.82, 2.24) is 10.2 Å². The van der Waals surface area contributed by atoms with E-state index in [1.807, 2.05) is 0 Å². The van der Waals surface area contributed by atoms with Crippen LogP contribution >= 0.6 is 0 Å². The molecule has 3 rings (SSSR count). The molecule has 2 saturated heterocycles. The van der Waals surface area contributed by atoms with Gasteiger partial charge in [-0.1, -0.05) is 6.92 Å². The van der Waals surface area contributed by atoms with Gasteiger partial charge in [0.1, 0.15) is 0 Å². The Morgan fingerprint density at radius 1 is 1.70 bits per heavy atom. The smallest absolute Gasteiger partial charge is 0.0304 e. The largest absolute Gasteiger partial charge is 0.312 e. The van der Waals surface area contributed by atoms with Gasteiger partial charge in [0.05, 0.1) is 0 Å². The molecular weight excluding hydrogens is 124 g/mol. The fourth-order valence-corrected chi connectivity index (χ4v) is 2.90. The van der Waals surface area contributed by atoms with Crippen LogP contribution in [0.15, 0.2) is 0 Å². The first-order chi connectivity index (χ1) is 4.87. The average Bonchev–Trinajstić information content (AvgIpc) is 2.55. The van der Waals surface area contributed by atoms with Gasteiger partial charge in [-0.05, 0) is 13.0 Å². The summed E-state index contributed by atoms with van der Waals surface area (Å²) in [5.74, 6) is 0. The molecule has 0 aromatic rings. The van der Waals surface area contributed by atoms with Crippen LogP contribution in [0.3, 0.4) is 0 Å². The third kappa shape index (κ3) is 0.397. The monoisotopic (exact) mass is 138 g/mol. The molecule has 1 N–H and O–H groups in total. The summed E-state index contributed by atoms with van der Waals surface area (Å²) in [5, 5.41) is 3.57. The zero-order chi connectivity index (χ0) is 6.77. The third-order valence-electron chi connectivity index (χ3n) is 3.68. The van der Waals surface area contributed by atoms with Crippen molar-refractivity contribution >= 4 is 0 Å². The van der Waals surface area contributed by atoms with Crippen molar-refractivity contribution in [2.24, 2.45) is 5.41 Å². The molecule has 10 heavy (non-hydrogen) atoms. The van der Waals surface area contributed by atoms with Crippen molar-refractivity contribution in [2.45, 2.75) is 25.4 Å². The van der Waals surface area contributed by atoms with E-state index >= 15 is 0 Å². The minimum Gasteiger partial charge on any atom is -0.312 e. The summed E-state index contributed by atoms with van der Waals surface area (Å²) >= 11 is 0. The highest BCUT2D eigenvalue weighted by Gasteiger charge is 2.70. The summed E-state index contributed by atoms with van der Waals surface area (Å²) in [7, 11) is 0. The first-order valence-corrected chi connectivity index (χ1v) is 4.34. The molecule has 0 amide bonds. The van der Waals surface area contributed by atoms with Gasteiger partial charge < -0.3 is 5.32 Å². The van der Waals surface area contributed by atoms with Crippen LogP contribution < -0.4 is 5.32 Å². The Morgan fingerprint density at radius 2 is 2.60 bits per heavy atom. The molecule has 2 heterocycles. The van der Waals surface area contributed by atoms with E-state index in [1.165, 1.54) is 26.1 Å². The SMILES string of the molecule is CCN1CC23CC2NCC13. The normalized spacial score (nSPS) is 57.3. The first-order valence-electron chi connectivity index (χ1n) is 4.34. The Labute approximate surface area is 61.6 Å². The molecule has 56 valence electrons. The third-order valence-corrected chi connectivity index (χ3v) is 3.68. The number of hydrogen-bond donors (Lipinski definition) is 1. The minimum absolute atomic E-state index is 0.788. The van der Waals surface area contributed by atoms with Gasteiger partial charge >= 0.3 is 0 Å². The van der Waals surface area contributed by atoms with Gasteiger partial charge in [-0.25, -0.2) is 0 Å². The molecule has 3 atom stereocenters. The van der Waals surface area contributed by atoms with Gasteiger partial charge in [0.25, 0.3) is 0 Å². The van der Waals surface area contributed by atoms with Gasteiger partial charge in [-0.3, -0.25) is 4.90 Å². The molecule has 2 aliphatic heterocycles. The van der Waals surface area contributed by atoms with E-state index in [4.69, 9.17) is 0 Å². The second-order valence-corrected chi connectivity index (χ2v) is 3.98. The van der Waals surface area contributed by atoms with Crippen molar-refractivity contribution in [1.29, 1.82) is 0 Å². The molecule has 3 fully saturated rings. The van der Waals surface area contributed by atoms with Gasteiger partial charge in [0.2, 0.25) is 0 Å². The van der Waals surface area contributed by atoms with E-state index in [0.29, 0.717) is 0 Å². The molecular formula is C8H14N2. The predicted molar refractivity (Wildman–Crippen MR) is 39.9 cm³/mol. The maximum Gasteiger partial charge on any atom is 0.0304 e. The Kier molecular flexibility index (Phi) is 0.783. The fraction of sp³-hybridized carbons (Fsp3) is 1.00. The van der Waals surface area contributed by atoms with E-state index in [0.717, 1.165) is 17.5 Å². The van der Waals surface area contributed by atoms with Crippen molar-refractivity contribution in [3.05, 3.63) is 0 Å². The molecule has 1 aliphatic carbocycles. The topological polar surface area (TPSA) is 15.3 Å². The average molecular weight is 138 g/mol. The number of piperidine rings is 1. The summed E-state index contributed by atoms with van der Waals surface area (Å²) in [6.45, 7) is 6.16. The van der Waals surface area contributed by atoms with Gasteiger partial charge in [-0.2, -0.15) is 0 Å². The van der Waals surface area contributed by atoms with Gasteiger partial charge in [0.15, 0.2) is 0 Å². The lowest BCUT2D eigenvalue weighted by atomic mass is 9.86. The van der Waals surface area contributed by atoms with Crippen molar-refractivity contribution in [3.8, 4) is 0 Å². The highest BCUT2D eigenvalue weighted by Crippen LogP contribution is 2.60. The van der Waals surface area contributed by atoms with Crippen LogP contribution in [0.4, 0.5) is 0 Å². The second-order valence-electron chi connectivity index (χ2n) is 3.98. The Morgan fingerprint density at radius 3 is 3.20 bits per heavy atom. The number of nitrogens with one attached hydrogen (secondary N) is 1. The molecule has 3 unspecified atom stereocenters.